The second-order valence-electron chi connectivity index (χ2n) is 6.99. The van der Waals surface area contributed by atoms with Crippen LogP contribution in [0, 0.1) is 5.92 Å². The number of hydrogen-bond donors (Lipinski definition) is 1. The molecule has 23 heavy (non-hydrogen) atoms. The summed E-state index contributed by atoms with van der Waals surface area (Å²) in [5.74, 6) is 1.63. The van der Waals surface area contributed by atoms with Crippen LogP contribution in [0.4, 0.5) is 5.69 Å². The van der Waals surface area contributed by atoms with Crippen molar-refractivity contribution in [1.82, 2.24) is 0 Å². The minimum Gasteiger partial charge on any atom is -0.377 e. The van der Waals surface area contributed by atoms with E-state index in [9.17, 15) is 0 Å². The van der Waals surface area contributed by atoms with Gasteiger partial charge in [0.2, 0.25) is 0 Å². The van der Waals surface area contributed by atoms with Crippen molar-refractivity contribution in [2.75, 3.05) is 5.32 Å². The molecule has 2 heteroatoms. The number of nitrogens with one attached hydrogen (secondary N) is 1. The summed E-state index contributed by atoms with van der Waals surface area (Å²) in [7, 11) is 0. The van der Waals surface area contributed by atoms with Crippen LogP contribution in [-0.2, 0) is 0 Å². The van der Waals surface area contributed by atoms with Crippen LogP contribution in [-0.4, -0.2) is 0 Å². The predicted octanol–water partition coefficient (Wildman–Crippen LogP) is 6.29. The number of allylic oxidation sites excluding steroid dienone is 2. The Balaban J connectivity index is 1.82. The molecule has 0 aromatic heterocycles. The predicted molar refractivity (Wildman–Crippen MR) is 98.3 cm³/mol. The smallest absolute Gasteiger partial charge is 0.0554 e. The maximum Gasteiger partial charge on any atom is 0.0554 e. The van der Waals surface area contributed by atoms with Crippen molar-refractivity contribution in [3.8, 4) is 0 Å². The Hall–Kier alpha value is -1.73. The van der Waals surface area contributed by atoms with Crippen molar-refractivity contribution in [3.63, 3.8) is 0 Å². The fourth-order valence-electron chi connectivity index (χ4n) is 4.13. The first-order valence-electron chi connectivity index (χ1n) is 8.46. The normalized spacial score (nSPS) is 25.1. The Morgan fingerprint density at radius 3 is 2.61 bits per heavy atom. The first kappa shape index (κ1) is 14.8. The van der Waals surface area contributed by atoms with Gasteiger partial charge >= 0.3 is 0 Å². The van der Waals surface area contributed by atoms with Gasteiger partial charge in [0.15, 0.2) is 0 Å². The minimum absolute atomic E-state index is 0.347. The second-order valence-corrected chi connectivity index (χ2v) is 7.43. The topological polar surface area (TPSA) is 12.0 Å². The molecule has 0 bridgehead atoms. The van der Waals surface area contributed by atoms with Crippen LogP contribution in [0.25, 0.3) is 0 Å². The molecule has 2 aromatic carbocycles. The summed E-state index contributed by atoms with van der Waals surface area (Å²) in [6, 6.07) is 15.4. The van der Waals surface area contributed by atoms with Crippen molar-refractivity contribution >= 4 is 17.3 Å². The molecule has 3 unspecified atom stereocenters. The Bertz CT molecular complexity index is 745. The molecule has 2 aliphatic rings. The first-order chi connectivity index (χ1) is 11.1. The molecule has 0 saturated carbocycles. The van der Waals surface area contributed by atoms with Gasteiger partial charge in [0.25, 0.3) is 0 Å². The van der Waals surface area contributed by atoms with Crippen LogP contribution in [0.1, 0.15) is 54.8 Å². The number of rotatable bonds is 2. The highest BCUT2D eigenvalue weighted by molar-refractivity contribution is 6.30. The third-order valence-electron chi connectivity index (χ3n) is 5.28. The van der Waals surface area contributed by atoms with Gasteiger partial charge in [0.05, 0.1) is 6.04 Å². The van der Waals surface area contributed by atoms with E-state index in [2.05, 4.69) is 61.6 Å². The van der Waals surface area contributed by atoms with E-state index in [1.807, 2.05) is 12.1 Å². The third-order valence-corrected chi connectivity index (χ3v) is 5.53. The van der Waals surface area contributed by atoms with Crippen LogP contribution in [0.15, 0.2) is 54.6 Å². The van der Waals surface area contributed by atoms with E-state index < -0.39 is 0 Å². The van der Waals surface area contributed by atoms with E-state index in [-0.39, 0.29) is 0 Å². The Morgan fingerprint density at radius 1 is 1.09 bits per heavy atom. The number of halogens is 1. The van der Waals surface area contributed by atoms with Gasteiger partial charge in [-0.25, -0.2) is 0 Å². The van der Waals surface area contributed by atoms with Gasteiger partial charge < -0.3 is 5.32 Å². The second kappa shape index (κ2) is 5.72. The highest BCUT2D eigenvalue weighted by Crippen LogP contribution is 2.51. The molecule has 1 nitrogen and oxygen atoms in total. The highest BCUT2D eigenvalue weighted by atomic mass is 35.5. The van der Waals surface area contributed by atoms with Crippen LogP contribution >= 0.6 is 11.6 Å². The molecule has 1 aliphatic heterocycles. The molecule has 3 atom stereocenters. The number of fused-ring (bicyclic) bond motifs is 3. The lowest BCUT2D eigenvalue weighted by Gasteiger charge is -2.39. The van der Waals surface area contributed by atoms with E-state index in [1.165, 1.54) is 22.4 Å². The Labute approximate surface area is 143 Å². The Morgan fingerprint density at radius 2 is 1.87 bits per heavy atom. The summed E-state index contributed by atoms with van der Waals surface area (Å²) >= 11 is 6.08. The molecule has 1 aliphatic carbocycles. The van der Waals surface area contributed by atoms with E-state index in [1.54, 1.807) is 0 Å². The molecule has 118 valence electrons. The zero-order valence-corrected chi connectivity index (χ0v) is 14.3. The molecule has 1 heterocycles. The average Bonchev–Trinajstić information content (AvgIpc) is 3.04. The lowest BCUT2D eigenvalue weighted by molar-refractivity contribution is 0.424. The summed E-state index contributed by atoms with van der Waals surface area (Å²) in [6.45, 7) is 4.54. The summed E-state index contributed by atoms with van der Waals surface area (Å²) < 4.78 is 0. The lowest BCUT2D eigenvalue weighted by Crippen LogP contribution is -2.29. The molecule has 0 amide bonds. The molecular formula is C21H22ClN. The monoisotopic (exact) mass is 323 g/mol. The molecular weight excluding hydrogens is 302 g/mol. The van der Waals surface area contributed by atoms with Crippen molar-refractivity contribution in [2.45, 2.75) is 38.1 Å². The fourth-order valence-corrected chi connectivity index (χ4v) is 4.25. The lowest BCUT2D eigenvalue weighted by atomic mass is 9.75. The molecule has 1 N–H and O–H groups in total. The number of para-hydroxylation sites is 1. The fraction of sp³-hybridized carbons (Fsp3) is 0.333. The third kappa shape index (κ3) is 2.48. The standard InChI is InChI=1S/C21H22ClN/c1-13(2)16-5-3-8-19-17-6-4-7-18(17)20(23-21(16)19)14-9-11-15(22)12-10-14/h3-6,8-13,17-18,20,23H,7H2,1-2H3. The zero-order chi connectivity index (χ0) is 16.0. The summed E-state index contributed by atoms with van der Waals surface area (Å²) in [6.07, 6.45) is 5.88. The molecule has 2 aromatic rings. The quantitative estimate of drug-likeness (QED) is 0.640. The summed E-state index contributed by atoms with van der Waals surface area (Å²) in [4.78, 5) is 0. The molecule has 0 spiro atoms. The number of anilines is 1. The number of benzene rings is 2. The maximum atomic E-state index is 6.08. The minimum atomic E-state index is 0.347. The first-order valence-corrected chi connectivity index (χ1v) is 8.84. The van der Waals surface area contributed by atoms with Crippen LogP contribution in [0.3, 0.4) is 0 Å². The van der Waals surface area contributed by atoms with Gasteiger partial charge in [0, 0.05) is 16.6 Å². The van der Waals surface area contributed by atoms with Crippen molar-refractivity contribution < 1.29 is 0 Å². The number of hydrogen-bond acceptors (Lipinski definition) is 1. The van der Waals surface area contributed by atoms with Crippen LogP contribution < -0.4 is 5.32 Å². The Kier molecular flexibility index (Phi) is 3.69. The van der Waals surface area contributed by atoms with Gasteiger partial charge in [-0.15, -0.1) is 0 Å². The van der Waals surface area contributed by atoms with Gasteiger partial charge in [-0.1, -0.05) is 67.9 Å². The van der Waals surface area contributed by atoms with Crippen LogP contribution in [0.5, 0.6) is 0 Å². The van der Waals surface area contributed by atoms with Gasteiger partial charge in [-0.3, -0.25) is 0 Å². The van der Waals surface area contributed by atoms with E-state index >= 15 is 0 Å². The average molecular weight is 324 g/mol. The molecule has 0 saturated heterocycles. The van der Waals surface area contributed by atoms with Crippen molar-refractivity contribution in [2.24, 2.45) is 5.92 Å². The van der Waals surface area contributed by atoms with Gasteiger partial charge in [-0.05, 0) is 47.1 Å². The van der Waals surface area contributed by atoms with Crippen molar-refractivity contribution in [3.05, 3.63) is 76.3 Å². The molecule has 4 rings (SSSR count). The van der Waals surface area contributed by atoms with E-state index in [0.717, 1.165) is 11.4 Å². The SMILES string of the molecule is CC(C)c1cccc2c1NC(c1ccc(Cl)cc1)C1CC=CC21. The van der Waals surface area contributed by atoms with E-state index in [0.29, 0.717) is 23.8 Å². The summed E-state index contributed by atoms with van der Waals surface area (Å²) in [5.41, 5.74) is 5.55. The summed E-state index contributed by atoms with van der Waals surface area (Å²) in [5, 5.41) is 4.67. The van der Waals surface area contributed by atoms with E-state index in [4.69, 9.17) is 11.6 Å². The van der Waals surface area contributed by atoms with Gasteiger partial charge in [0.1, 0.15) is 0 Å². The highest BCUT2D eigenvalue weighted by Gasteiger charge is 2.38. The van der Waals surface area contributed by atoms with Gasteiger partial charge in [-0.2, -0.15) is 0 Å². The zero-order valence-electron chi connectivity index (χ0n) is 13.6. The van der Waals surface area contributed by atoms with Crippen molar-refractivity contribution in [1.29, 1.82) is 0 Å². The largest absolute Gasteiger partial charge is 0.377 e. The maximum absolute atomic E-state index is 6.08. The van der Waals surface area contributed by atoms with Crippen LogP contribution in [0.2, 0.25) is 5.02 Å². The molecule has 0 fully saturated rings. The molecule has 0 radical (unpaired) electrons.